The Hall–Kier alpha value is -1.55. The van der Waals surface area contributed by atoms with Gasteiger partial charge in [0.1, 0.15) is 0 Å². The molecule has 1 amide bonds. The van der Waals surface area contributed by atoms with Crippen molar-refractivity contribution >= 4 is 34.8 Å². The van der Waals surface area contributed by atoms with Crippen molar-refractivity contribution in [1.82, 2.24) is 0 Å². The summed E-state index contributed by atoms with van der Waals surface area (Å²) in [6.07, 6.45) is 0. The number of rotatable bonds is 4. The van der Waals surface area contributed by atoms with Crippen LogP contribution in [-0.2, 0) is 11.4 Å². The fourth-order valence-electron chi connectivity index (χ4n) is 1.82. The van der Waals surface area contributed by atoms with E-state index in [0.29, 0.717) is 5.69 Å². The number of alkyl halides is 2. The molecular formula is C15H13Cl2NO2. The lowest BCUT2D eigenvalue weighted by Crippen LogP contribution is -2.18. The third-order valence-electron chi connectivity index (χ3n) is 2.77. The molecule has 104 valence electrons. The number of carbonyl (C=O) groups excluding carboxylic acids is 1. The molecule has 20 heavy (non-hydrogen) atoms. The number of hydrogen-bond donors (Lipinski definition) is 2. The Kier molecular flexibility index (Phi) is 5.01. The number of nitrogens with one attached hydrogen (secondary N) is 1. The Morgan fingerprint density at radius 1 is 1.10 bits per heavy atom. The number of halogens is 2. The molecule has 5 heteroatoms. The van der Waals surface area contributed by atoms with E-state index in [1.165, 1.54) is 0 Å². The van der Waals surface area contributed by atoms with Crippen LogP contribution in [0.25, 0.3) is 11.1 Å². The second-order valence-electron chi connectivity index (χ2n) is 4.23. The molecule has 0 radical (unpaired) electrons. The molecule has 0 unspecified atom stereocenters. The lowest BCUT2D eigenvalue weighted by molar-refractivity contribution is -0.114. The minimum absolute atomic E-state index is 0.00948. The molecular weight excluding hydrogens is 297 g/mol. The molecule has 0 atom stereocenters. The number of carbonyl (C=O) groups is 1. The van der Waals surface area contributed by atoms with Gasteiger partial charge in [-0.2, -0.15) is 0 Å². The van der Waals surface area contributed by atoms with Crippen LogP contribution in [-0.4, -0.2) is 15.8 Å². The highest BCUT2D eigenvalue weighted by Gasteiger charge is 2.11. The molecule has 3 nitrogen and oxygen atoms in total. The highest BCUT2D eigenvalue weighted by atomic mass is 35.5. The molecule has 0 fully saturated rings. The van der Waals surface area contributed by atoms with Gasteiger partial charge in [0.25, 0.3) is 5.91 Å². The van der Waals surface area contributed by atoms with Gasteiger partial charge in [0, 0.05) is 5.69 Å². The van der Waals surface area contributed by atoms with Gasteiger partial charge in [0.05, 0.1) is 6.61 Å². The summed E-state index contributed by atoms with van der Waals surface area (Å²) >= 11 is 11.0. The standard InChI is InChI=1S/C15H13Cl2NO2/c16-14(17)15(20)18-13-6-2-5-12(8-13)11-4-1-3-10(7-11)9-19/h1-8,14,19H,9H2,(H,18,20). The average Bonchev–Trinajstić information content (AvgIpc) is 2.47. The molecule has 0 heterocycles. The summed E-state index contributed by atoms with van der Waals surface area (Å²) in [5.74, 6) is -0.463. The predicted octanol–water partition coefficient (Wildman–Crippen LogP) is 3.59. The van der Waals surface area contributed by atoms with Gasteiger partial charge in [0.2, 0.25) is 0 Å². The quantitative estimate of drug-likeness (QED) is 0.848. The Balaban J connectivity index is 2.27. The number of anilines is 1. The van der Waals surface area contributed by atoms with Gasteiger partial charge in [-0.1, -0.05) is 53.5 Å². The zero-order valence-corrected chi connectivity index (χ0v) is 12.0. The number of hydrogen-bond acceptors (Lipinski definition) is 2. The zero-order chi connectivity index (χ0) is 14.5. The van der Waals surface area contributed by atoms with E-state index in [1.807, 2.05) is 42.5 Å². The van der Waals surface area contributed by atoms with E-state index in [2.05, 4.69) is 5.32 Å². The van der Waals surface area contributed by atoms with Gasteiger partial charge < -0.3 is 10.4 Å². The molecule has 0 aliphatic carbocycles. The summed E-state index contributed by atoms with van der Waals surface area (Å²) < 4.78 is 0. The van der Waals surface area contributed by atoms with Crippen LogP contribution in [0.3, 0.4) is 0 Å². The number of amides is 1. The molecule has 2 aromatic carbocycles. The lowest BCUT2D eigenvalue weighted by atomic mass is 10.0. The van der Waals surface area contributed by atoms with E-state index < -0.39 is 10.7 Å². The van der Waals surface area contributed by atoms with Gasteiger partial charge in [-0.3, -0.25) is 4.79 Å². The molecule has 2 aromatic rings. The fourth-order valence-corrected chi connectivity index (χ4v) is 1.93. The molecule has 0 bridgehead atoms. The van der Waals surface area contributed by atoms with E-state index in [1.54, 1.807) is 6.07 Å². The molecule has 2 N–H and O–H groups in total. The topological polar surface area (TPSA) is 49.3 Å². The average molecular weight is 310 g/mol. The van der Waals surface area contributed by atoms with E-state index in [-0.39, 0.29) is 6.61 Å². The summed E-state index contributed by atoms with van der Waals surface area (Å²) in [6, 6.07) is 14.9. The zero-order valence-electron chi connectivity index (χ0n) is 10.5. The predicted molar refractivity (Wildman–Crippen MR) is 81.9 cm³/mol. The van der Waals surface area contributed by atoms with Crippen LogP contribution in [0.1, 0.15) is 5.56 Å². The highest BCUT2D eigenvalue weighted by molar-refractivity contribution is 6.54. The maximum Gasteiger partial charge on any atom is 0.257 e. The Morgan fingerprint density at radius 3 is 2.40 bits per heavy atom. The SMILES string of the molecule is O=C(Nc1cccc(-c2cccc(CO)c2)c1)C(Cl)Cl. The van der Waals surface area contributed by atoms with Gasteiger partial charge in [-0.05, 0) is 34.9 Å². The molecule has 0 aliphatic rings. The van der Waals surface area contributed by atoms with Crippen molar-refractivity contribution in [3.05, 3.63) is 54.1 Å². The van der Waals surface area contributed by atoms with E-state index in [4.69, 9.17) is 28.3 Å². The van der Waals surface area contributed by atoms with Crippen molar-refractivity contribution in [2.45, 2.75) is 11.4 Å². The minimum atomic E-state index is -1.10. The summed E-state index contributed by atoms with van der Waals surface area (Å²) in [7, 11) is 0. The molecule has 0 spiro atoms. The summed E-state index contributed by atoms with van der Waals surface area (Å²) in [4.78, 5) is 10.4. The monoisotopic (exact) mass is 309 g/mol. The number of benzene rings is 2. The van der Waals surface area contributed by atoms with Gasteiger partial charge in [-0.15, -0.1) is 0 Å². The molecule has 2 rings (SSSR count). The van der Waals surface area contributed by atoms with Crippen molar-refractivity contribution in [3.8, 4) is 11.1 Å². The second-order valence-corrected chi connectivity index (χ2v) is 5.33. The first-order chi connectivity index (χ1) is 9.60. The first kappa shape index (κ1) is 14.9. The van der Waals surface area contributed by atoms with E-state index in [9.17, 15) is 4.79 Å². The lowest BCUT2D eigenvalue weighted by Gasteiger charge is -2.08. The number of aliphatic hydroxyl groups excluding tert-OH is 1. The Labute approximate surface area is 127 Å². The minimum Gasteiger partial charge on any atom is -0.392 e. The van der Waals surface area contributed by atoms with Gasteiger partial charge >= 0.3 is 0 Å². The normalized spacial score (nSPS) is 10.6. The number of aliphatic hydroxyl groups is 1. The Morgan fingerprint density at radius 2 is 1.75 bits per heavy atom. The van der Waals surface area contributed by atoms with Crippen molar-refractivity contribution in [1.29, 1.82) is 0 Å². The molecule has 0 saturated heterocycles. The first-order valence-electron chi connectivity index (χ1n) is 5.99. The fraction of sp³-hybridized carbons (Fsp3) is 0.133. The Bertz CT molecular complexity index is 614. The van der Waals surface area contributed by atoms with Gasteiger partial charge in [0.15, 0.2) is 4.84 Å². The van der Waals surface area contributed by atoms with Crippen LogP contribution in [0.2, 0.25) is 0 Å². The van der Waals surface area contributed by atoms with Crippen LogP contribution in [0.4, 0.5) is 5.69 Å². The van der Waals surface area contributed by atoms with Crippen LogP contribution < -0.4 is 5.32 Å². The van der Waals surface area contributed by atoms with Crippen LogP contribution >= 0.6 is 23.2 Å². The molecule has 0 saturated carbocycles. The smallest absolute Gasteiger partial charge is 0.257 e. The van der Waals surface area contributed by atoms with Crippen molar-refractivity contribution in [3.63, 3.8) is 0 Å². The molecule has 0 aromatic heterocycles. The second kappa shape index (κ2) is 6.75. The summed E-state index contributed by atoms with van der Waals surface area (Å²) in [6.45, 7) is -0.00948. The highest BCUT2D eigenvalue weighted by Crippen LogP contribution is 2.24. The first-order valence-corrected chi connectivity index (χ1v) is 6.86. The largest absolute Gasteiger partial charge is 0.392 e. The molecule has 0 aliphatic heterocycles. The van der Waals surface area contributed by atoms with Gasteiger partial charge in [-0.25, -0.2) is 0 Å². The van der Waals surface area contributed by atoms with Crippen LogP contribution in [0.5, 0.6) is 0 Å². The third-order valence-corrected chi connectivity index (χ3v) is 3.17. The van der Waals surface area contributed by atoms with Crippen molar-refractivity contribution in [2.75, 3.05) is 5.32 Å². The summed E-state index contributed by atoms with van der Waals surface area (Å²) in [5, 5.41) is 11.8. The van der Waals surface area contributed by atoms with Crippen molar-refractivity contribution < 1.29 is 9.90 Å². The van der Waals surface area contributed by atoms with Crippen LogP contribution in [0, 0.1) is 0 Å². The van der Waals surface area contributed by atoms with E-state index in [0.717, 1.165) is 16.7 Å². The van der Waals surface area contributed by atoms with E-state index >= 15 is 0 Å². The van der Waals surface area contributed by atoms with Crippen molar-refractivity contribution in [2.24, 2.45) is 0 Å². The van der Waals surface area contributed by atoms with Crippen LogP contribution in [0.15, 0.2) is 48.5 Å². The third kappa shape index (κ3) is 3.73. The maximum atomic E-state index is 11.5. The summed E-state index contributed by atoms with van der Waals surface area (Å²) in [5.41, 5.74) is 3.34. The maximum absolute atomic E-state index is 11.5.